The Balaban J connectivity index is 1.30. The van der Waals surface area contributed by atoms with Crippen LogP contribution in [0.15, 0.2) is 0 Å². The first-order valence-electron chi connectivity index (χ1n) is 8.24. The van der Waals surface area contributed by atoms with Gasteiger partial charge in [0.1, 0.15) is 0 Å². The quantitative estimate of drug-likeness (QED) is 0.767. The maximum absolute atomic E-state index is 3.48. The van der Waals surface area contributed by atoms with Crippen molar-refractivity contribution in [2.75, 3.05) is 26.2 Å². The lowest BCUT2D eigenvalue weighted by atomic mass is 9.62. The SMILES string of the molecule is C1CC2(C1)CCN(C1CCC3(CC1)CNC3)CC2. The van der Waals surface area contributed by atoms with Gasteiger partial charge in [-0.05, 0) is 75.3 Å². The molecule has 2 aliphatic carbocycles. The maximum atomic E-state index is 3.48. The van der Waals surface area contributed by atoms with Gasteiger partial charge in [-0.15, -0.1) is 0 Å². The minimum atomic E-state index is 0.738. The highest BCUT2D eigenvalue weighted by atomic mass is 15.2. The van der Waals surface area contributed by atoms with Crippen LogP contribution in [0.25, 0.3) is 0 Å². The van der Waals surface area contributed by atoms with Crippen molar-refractivity contribution in [2.45, 2.75) is 63.8 Å². The normalized spacial score (nSPS) is 35.3. The molecule has 4 rings (SSSR count). The molecule has 2 spiro atoms. The Kier molecular flexibility index (Phi) is 2.74. The molecule has 0 atom stereocenters. The van der Waals surface area contributed by atoms with E-state index < -0.39 is 0 Å². The average Bonchev–Trinajstić information content (AvgIpc) is 2.36. The lowest BCUT2D eigenvalue weighted by Crippen LogP contribution is -2.57. The van der Waals surface area contributed by atoms with E-state index in [9.17, 15) is 0 Å². The standard InChI is InChI=1S/C16H28N2/c1-4-15(5-1)8-10-18(11-9-15)14-2-6-16(7-3-14)12-17-13-16/h14,17H,1-13H2. The Morgan fingerprint density at radius 1 is 0.778 bits per heavy atom. The summed E-state index contributed by atoms with van der Waals surface area (Å²) >= 11 is 0. The van der Waals surface area contributed by atoms with E-state index in [2.05, 4.69) is 10.2 Å². The molecule has 0 bridgehead atoms. The van der Waals surface area contributed by atoms with Gasteiger partial charge in [0.2, 0.25) is 0 Å². The van der Waals surface area contributed by atoms with Gasteiger partial charge >= 0.3 is 0 Å². The van der Waals surface area contributed by atoms with Crippen molar-refractivity contribution in [3.05, 3.63) is 0 Å². The first-order valence-corrected chi connectivity index (χ1v) is 8.24. The van der Waals surface area contributed by atoms with Crippen molar-refractivity contribution in [1.29, 1.82) is 0 Å². The van der Waals surface area contributed by atoms with E-state index in [4.69, 9.17) is 0 Å². The molecule has 0 unspecified atom stereocenters. The molecule has 4 fully saturated rings. The predicted molar refractivity (Wildman–Crippen MR) is 74.6 cm³/mol. The number of nitrogens with one attached hydrogen (secondary N) is 1. The van der Waals surface area contributed by atoms with Crippen LogP contribution in [0.5, 0.6) is 0 Å². The molecule has 2 heteroatoms. The van der Waals surface area contributed by atoms with E-state index in [1.54, 1.807) is 12.8 Å². The molecule has 2 saturated carbocycles. The molecular formula is C16H28N2. The molecule has 2 heterocycles. The first-order chi connectivity index (χ1) is 8.79. The lowest BCUT2D eigenvalue weighted by Gasteiger charge is -2.53. The van der Waals surface area contributed by atoms with Gasteiger partial charge < -0.3 is 10.2 Å². The van der Waals surface area contributed by atoms with E-state index in [1.165, 1.54) is 71.1 Å². The van der Waals surface area contributed by atoms with E-state index in [0.29, 0.717) is 0 Å². The first kappa shape index (κ1) is 11.7. The molecule has 4 aliphatic rings. The van der Waals surface area contributed by atoms with E-state index in [1.807, 2.05) is 0 Å². The number of rotatable bonds is 1. The summed E-state index contributed by atoms with van der Waals surface area (Å²) in [6.07, 6.45) is 13.6. The van der Waals surface area contributed by atoms with Crippen LogP contribution in [0.2, 0.25) is 0 Å². The summed E-state index contributed by atoms with van der Waals surface area (Å²) in [5.41, 5.74) is 1.56. The molecule has 2 aliphatic heterocycles. The molecule has 0 aromatic carbocycles. The van der Waals surface area contributed by atoms with Gasteiger partial charge in [0.25, 0.3) is 0 Å². The Bertz CT molecular complexity index is 265. The summed E-state index contributed by atoms with van der Waals surface area (Å²) in [4.78, 5) is 2.85. The molecule has 102 valence electrons. The zero-order chi connectivity index (χ0) is 12.1. The molecule has 0 aromatic rings. The second-order valence-corrected chi connectivity index (χ2v) is 7.72. The van der Waals surface area contributed by atoms with Gasteiger partial charge in [-0.1, -0.05) is 6.42 Å². The Morgan fingerprint density at radius 3 is 1.89 bits per heavy atom. The Morgan fingerprint density at radius 2 is 1.44 bits per heavy atom. The smallest absolute Gasteiger partial charge is 0.00957 e. The minimum absolute atomic E-state index is 0.738. The average molecular weight is 248 g/mol. The Labute approximate surface area is 111 Å². The van der Waals surface area contributed by atoms with Gasteiger partial charge in [0.15, 0.2) is 0 Å². The highest BCUT2D eigenvalue weighted by Gasteiger charge is 2.44. The highest BCUT2D eigenvalue weighted by Crippen LogP contribution is 2.50. The number of hydrogen-bond acceptors (Lipinski definition) is 2. The van der Waals surface area contributed by atoms with E-state index in [-0.39, 0.29) is 0 Å². The lowest BCUT2D eigenvalue weighted by molar-refractivity contribution is -0.0101. The van der Waals surface area contributed by atoms with Gasteiger partial charge in [-0.25, -0.2) is 0 Å². The third kappa shape index (κ3) is 1.84. The van der Waals surface area contributed by atoms with Crippen LogP contribution in [0.4, 0.5) is 0 Å². The van der Waals surface area contributed by atoms with E-state index in [0.717, 1.165) is 16.9 Å². The van der Waals surface area contributed by atoms with Crippen LogP contribution in [-0.4, -0.2) is 37.1 Å². The zero-order valence-electron chi connectivity index (χ0n) is 11.7. The second-order valence-electron chi connectivity index (χ2n) is 7.72. The minimum Gasteiger partial charge on any atom is -0.316 e. The van der Waals surface area contributed by atoms with Gasteiger partial charge in [-0.2, -0.15) is 0 Å². The summed E-state index contributed by atoms with van der Waals surface area (Å²) < 4.78 is 0. The van der Waals surface area contributed by atoms with Crippen molar-refractivity contribution in [3.63, 3.8) is 0 Å². The summed E-state index contributed by atoms with van der Waals surface area (Å²) in [5, 5.41) is 3.48. The number of likely N-dealkylation sites (tertiary alicyclic amines) is 1. The van der Waals surface area contributed by atoms with Crippen LogP contribution in [0.3, 0.4) is 0 Å². The zero-order valence-corrected chi connectivity index (χ0v) is 11.7. The molecule has 0 aromatic heterocycles. The fourth-order valence-corrected chi connectivity index (χ4v) is 4.95. The van der Waals surface area contributed by atoms with Crippen molar-refractivity contribution in [2.24, 2.45) is 10.8 Å². The Hall–Kier alpha value is -0.0800. The van der Waals surface area contributed by atoms with Crippen LogP contribution in [-0.2, 0) is 0 Å². The second kappa shape index (κ2) is 4.21. The van der Waals surface area contributed by atoms with Crippen LogP contribution < -0.4 is 5.32 Å². The van der Waals surface area contributed by atoms with Crippen LogP contribution in [0.1, 0.15) is 57.8 Å². The topological polar surface area (TPSA) is 15.3 Å². The molecule has 0 amide bonds. The van der Waals surface area contributed by atoms with Crippen molar-refractivity contribution in [3.8, 4) is 0 Å². The number of piperidine rings is 1. The van der Waals surface area contributed by atoms with Crippen molar-refractivity contribution < 1.29 is 0 Å². The monoisotopic (exact) mass is 248 g/mol. The summed E-state index contributed by atoms with van der Waals surface area (Å²) in [6.45, 7) is 5.44. The van der Waals surface area contributed by atoms with Crippen molar-refractivity contribution in [1.82, 2.24) is 10.2 Å². The third-order valence-electron chi connectivity index (χ3n) is 6.81. The van der Waals surface area contributed by atoms with Gasteiger partial charge in [0.05, 0.1) is 0 Å². The maximum Gasteiger partial charge on any atom is 0.00957 e. The number of hydrogen-bond donors (Lipinski definition) is 1. The van der Waals surface area contributed by atoms with Crippen LogP contribution in [0, 0.1) is 10.8 Å². The molecule has 1 N–H and O–H groups in total. The van der Waals surface area contributed by atoms with Crippen molar-refractivity contribution >= 4 is 0 Å². The van der Waals surface area contributed by atoms with Gasteiger partial charge in [-0.3, -0.25) is 0 Å². The highest BCUT2D eigenvalue weighted by molar-refractivity contribution is 4.99. The summed E-state index contributed by atoms with van der Waals surface area (Å²) in [6, 6.07) is 0.939. The fraction of sp³-hybridized carbons (Fsp3) is 1.00. The molecular weight excluding hydrogens is 220 g/mol. The fourth-order valence-electron chi connectivity index (χ4n) is 4.95. The molecule has 2 saturated heterocycles. The summed E-state index contributed by atoms with van der Waals surface area (Å²) in [5.74, 6) is 0. The van der Waals surface area contributed by atoms with E-state index >= 15 is 0 Å². The molecule has 18 heavy (non-hydrogen) atoms. The largest absolute Gasteiger partial charge is 0.316 e. The predicted octanol–water partition coefficient (Wildman–Crippen LogP) is 2.78. The third-order valence-corrected chi connectivity index (χ3v) is 6.81. The number of nitrogens with zero attached hydrogens (tertiary/aromatic N) is 1. The molecule has 2 nitrogen and oxygen atoms in total. The van der Waals surface area contributed by atoms with Crippen LogP contribution >= 0.6 is 0 Å². The summed E-state index contributed by atoms with van der Waals surface area (Å²) in [7, 11) is 0. The van der Waals surface area contributed by atoms with Gasteiger partial charge in [0, 0.05) is 19.1 Å². The molecule has 0 radical (unpaired) electrons.